The molecule has 0 saturated heterocycles. The normalized spacial score (nSPS) is 14.3. The van der Waals surface area contributed by atoms with E-state index in [0.717, 1.165) is 24.5 Å². The number of benzene rings is 2. The van der Waals surface area contributed by atoms with Gasteiger partial charge in [0.2, 0.25) is 0 Å². The van der Waals surface area contributed by atoms with Gasteiger partial charge in [0.15, 0.2) is 6.61 Å². The first kappa shape index (κ1) is 21.1. The van der Waals surface area contributed by atoms with Gasteiger partial charge in [0, 0.05) is 11.6 Å². The predicted molar refractivity (Wildman–Crippen MR) is 111 cm³/mol. The lowest BCUT2D eigenvalue weighted by Gasteiger charge is -2.20. The summed E-state index contributed by atoms with van der Waals surface area (Å²) in [6.07, 6.45) is 6.87. The number of hydrogen-bond acceptors (Lipinski definition) is 3. The molecule has 0 aliphatic heterocycles. The van der Waals surface area contributed by atoms with E-state index in [2.05, 4.69) is 17.4 Å². The lowest BCUT2D eigenvalue weighted by atomic mass is 9.89. The summed E-state index contributed by atoms with van der Waals surface area (Å²) in [7, 11) is 0. The van der Waals surface area contributed by atoms with E-state index in [1.54, 1.807) is 0 Å². The molecule has 0 spiro atoms. The van der Waals surface area contributed by atoms with Gasteiger partial charge in [-0.25, -0.2) is 9.18 Å². The van der Waals surface area contributed by atoms with Crippen LogP contribution in [-0.2, 0) is 27.2 Å². The van der Waals surface area contributed by atoms with Crippen molar-refractivity contribution in [3.05, 3.63) is 75.6 Å². The topological polar surface area (TPSA) is 55.4 Å². The molecule has 29 heavy (non-hydrogen) atoms. The van der Waals surface area contributed by atoms with E-state index in [1.807, 2.05) is 13.0 Å². The summed E-state index contributed by atoms with van der Waals surface area (Å²) in [6, 6.07) is 10.3. The van der Waals surface area contributed by atoms with Gasteiger partial charge in [-0.2, -0.15) is 0 Å². The van der Waals surface area contributed by atoms with Gasteiger partial charge in [0.1, 0.15) is 5.82 Å². The van der Waals surface area contributed by atoms with Crippen LogP contribution in [0.4, 0.5) is 4.39 Å². The second-order valence-electron chi connectivity index (χ2n) is 7.10. The Morgan fingerprint density at radius 3 is 2.72 bits per heavy atom. The molecule has 2 aromatic carbocycles. The van der Waals surface area contributed by atoms with Crippen LogP contribution in [0.15, 0.2) is 42.5 Å². The van der Waals surface area contributed by atoms with Crippen molar-refractivity contribution < 1.29 is 18.7 Å². The van der Waals surface area contributed by atoms with Crippen molar-refractivity contribution in [2.75, 3.05) is 6.61 Å². The molecule has 1 aliphatic rings. The molecule has 1 aliphatic carbocycles. The molecule has 1 unspecified atom stereocenters. The van der Waals surface area contributed by atoms with Crippen LogP contribution in [-0.4, -0.2) is 18.5 Å². The highest BCUT2D eigenvalue weighted by Crippen LogP contribution is 2.25. The first-order valence-electron chi connectivity index (χ1n) is 9.64. The zero-order chi connectivity index (χ0) is 20.8. The van der Waals surface area contributed by atoms with E-state index < -0.39 is 24.3 Å². The third kappa shape index (κ3) is 5.67. The molecule has 0 saturated carbocycles. The Bertz CT molecular complexity index is 921. The van der Waals surface area contributed by atoms with Crippen LogP contribution in [0.5, 0.6) is 0 Å². The summed E-state index contributed by atoms with van der Waals surface area (Å²) in [5.41, 5.74) is 3.85. The van der Waals surface area contributed by atoms with Crippen LogP contribution in [0, 0.1) is 5.82 Å². The highest BCUT2D eigenvalue weighted by atomic mass is 35.5. The van der Waals surface area contributed by atoms with Gasteiger partial charge in [-0.15, -0.1) is 0 Å². The van der Waals surface area contributed by atoms with Gasteiger partial charge in [0.05, 0.1) is 11.1 Å². The Kier molecular flexibility index (Phi) is 7.04. The van der Waals surface area contributed by atoms with Crippen LogP contribution < -0.4 is 5.32 Å². The highest BCUT2D eigenvalue weighted by molar-refractivity contribution is 6.32. The molecular weight excluding hydrogens is 393 g/mol. The number of carbonyl (C=O) groups is 2. The number of fused-ring (bicyclic) bond motifs is 1. The standard InChI is InChI=1S/C23H23ClFNO3/c1-15(17-10-9-16-5-2-3-6-18(16)13-17)26-22(27)14-29-23(28)12-11-19-20(24)7-4-8-21(19)25/h4,7-13,15H,2-3,5-6,14H2,1H3,(H,26,27)/b12-11+. The molecule has 3 rings (SSSR count). The summed E-state index contributed by atoms with van der Waals surface area (Å²) in [4.78, 5) is 23.9. The number of amides is 1. The number of halogens is 2. The van der Waals surface area contributed by atoms with Crippen molar-refractivity contribution >= 4 is 29.6 Å². The molecule has 1 amide bonds. The van der Waals surface area contributed by atoms with Crippen LogP contribution >= 0.6 is 11.6 Å². The van der Waals surface area contributed by atoms with Crippen molar-refractivity contribution in [1.82, 2.24) is 5.32 Å². The predicted octanol–water partition coefficient (Wildman–Crippen LogP) is 4.79. The summed E-state index contributed by atoms with van der Waals surface area (Å²) < 4.78 is 18.6. The molecule has 152 valence electrons. The van der Waals surface area contributed by atoms with Crippen molar-refractivity contribution in [2.24, 2.45) is 0 Å². The van der Waals surface area contributed by atoms with E-state index in [9.17, 15) is 14.0 Å². The highest BCUT2D eigenvalue weighted by Gasteiger charge is 2.15. The van der Waals surface area contributed by atoms with Crippen LogP contribution in [0.3, 0.4) is 0 Å². The van der Waals surface area contributed by atoms with Gasteiger partial charge < -0.3 is 10.1 Å². The van der Waals surface area contributed by atoms with Crippen LogP contribution in [0.25, 0.3) is 6.08 Å². The number of carbonyl (C=O) groups excluding carboxylic acids is 2. The monoisotopic (exact) mass is 415 g/mol. The third-order valence-electron chi connectivity index (χ3n) is 4.98. The first-order chi connectivity index (χ1) is 13.9. The first-order valence-corrected chi connectivity index (χ1v) is 10.0. The van der Waals surface area contributed by atoms with Gasteiger partial charge in [-0.1, -0.05) is 35.9 Å². The lowest BCUT2D eigenvalue weighted by Crippen LogP contribution is -2.31. The number of nitrogens with one attached hydrogen (secondary N) is 1. The molecule has 0 radical (unpaired) electrons. The number of esters is 1. The SMILES string of the molecule is CC(NC(=O)COC(=O)/C=C/c1c(F)cccc1Cl)c1ccc2c(c1)CCCC2. The zero-order valence-corrected chi connectivity index (χ0v) is 17.0. The summed E-state index contributed by atoms with van der Waals surface area (Å²) in [5.74, 6) is -1.69. The summed E-state index contributed by atoms with van der Waals surface area (Å²) in [6.45, 7) is 1.48. The average molecular weight is 416 g/mol. The van der Waals surface area contributed by atoms with Crippen LogP contribution in [0.1, 0.15) is 48.1 Å². The van der Waals surface area contributed by atoms with E-state index in [1.165, 1.54) is 48.2 Å². The average Bonchev–Trinajstić information content (AvgIpc) is 2.71. The lowest BCUT2D eigenvalue weighted by molar-refractivity contribution is -0.144. The van der Waals surface area contributed by atoms with Crippen molar-refractivity contribution in [2.45, 2.75) is 38.6 Å². The summed E-state index contributed by atoms with van der Waals surface area (Å²) in [5, 5.41) is 3.01. The summed E-state index contributed by atoms with van der Waals surface area (Å²) >= 11 is 5.89. The smallest absolute Gasteiger partial charge is 0.331 e. The minimum absolute atomic E-state index is 0.0941. The Morgan fingerprint density at radius 2 is 1.97 bits per heavy atom. The number of ether oxygens (including phenoxy) is 1. The van der Waals surface area contributed by atoms with E-state index in [-0.39, 0.29) is 16.6 Å². The van der Waals surface area contributed by atoms with Gasteiger partial charge in [-0.05, 0) is 67.5 Å². The molecule has 1 atom stereocenters. The van der Waals surface area contributed by atoms with Crippen molar-refractivity contribution in [1.29, 1.82) is 0 Å². The van der Waals surface area contributed by atoms with Gasteiger partial charge in [-0.3, -0.25) is 4.79 Å². The maximum atomic E-state index is 13.7. The second kappa shape index (κ2) is 9.70. The molecule has 4 nitrogen and oxygen atoms in total. The number of rotatable bonds is 6. The Balaban J connectivity index is 1.50. The largest absolute Gasteiger partial charge is 0.452 e. The second-order valence-corrected chi connectivity index (χ2v) is 7.51. The maximum Gasteiger partial charge on any atom is 0.331 e. The van der Waals surface area contributed by atoms with E-state index in [0.29, 0.717) is 0 Å². The molecule has 0 bridgehead atoms. The zero-order valence-electron chi connectivity index (χ0n) is 16.2. The molecule has 0 fully saturated rings. The number of hydrogen-bond donors (Lipinski definition) is 1. The molecular formula is C23H23ClFNO3. The molecule has 0 aromatic heterocycles. The van der Waals surface area contributed by atoms with E-state index >= 15 is 0 Å². The Hall–Kier alpha value is -2.66. The fourth-order valence-electron chi connectivity index (χ4n) is 3.40. The molecule has 2 aromatic rings. The molecule has 6 heteroatoms. The third-order valence-corrected chi connectivity index (χ3v) is 5.31. The van der Waals surface area contributed by atoms with Gasteiger partial charge in [0.25, 0.3) is 5.91 Å². The molecule has 0 heterocycles. The minimum atomic E-state index is -0.749. The quantitative estimate of drug-likeness (QED) is 0.545. The maximum absolute atomic E-state index is 13.7. The molecule has 1 N–H and O–H groups in total. The van der Waals surface area contributed by atoms with Gasteiger partial charge >= 0.3 is 5.97 Å². The fraction of sp³-hybridized carbons (Fsp3) is 0.304. The number of aryl methyl sites for hydroxylation is 2. The van der Waals surface area contributed by atoms with E-state index in [4.69, 9.17) is 16.3 Å². The van der Waals surface area contributed by atoms with Crippen molar-refractivity contribution in [3.63, 3.8) is 0 Å². The minimum Gasteiger partial charge on any atom is -0.452 e. The Labute approximate surface area is 174 Å². The fourth-order valence-corrected chi connectivity index (χ4v) is 3.62. The van der Waals surface area contributed by atoms with Crippen molar-refractivity contribution in [3.8, 4) is 0 Å². The Morgan fingerprint density at radius 1 is 1.21 bits per heavy atom. The van der Waals surface area contributed by atoms with Crippen LogP contribution in [0.2, 0.25) is 5.02 Å².